The molecule has 0 aliphatic heterocycles. The van der Waals surface area contributed by atoms with Crippen LogP contribution < -0.4 is 62.1 Å². The largest absolute Gasteiger partial charge is 1.00 e. The zero-order valence-electron chi connectivity index (χ0n) is 90.0. The number of nitrogens with zero attached hydrogens (tertiary/aromatic N) is 15. The topological polar surface area (TPSA) is 417 Å². The van der Waals surface area contributed by atoms with Gasteiger partial charge in [-0.15, -0.1) is 0 Å². The van der Waals surface area contributed by atoms with Crippen LogP contribution in [0.4, 0.5) is 28.7 Å². The summed E-state index contributed by atoms with van der Waals surface area (Å²) in [5, 5.41) is 52.9. The van der Waals surface area contributed by atoms with Gasteiger partial charge >= 0.3 is 83.4 Å². The number of methoxy groups -OCH3 is 1. The van der Waals surface area contributed by atoms with Gasteiger partial charge in [-0.3, -0.25) is 29.4 Å². The molecular formula is C106H149BCl6N21NaO9Sn. The van der Waals surface area contributed by atoms with Gasteiger partial charge in [0.25, 0.3) is 8.05 Å². The van der Waals surface area contributed by atoms with Crippen LogP contribution in [-0.2, 0) is 26.2 Å². The molecule has 0 amide bonds. The van der Waals surface area contributed by atoms with E-state index in [1.807, 2.05) is 294 Å². The molecule has 10 aromatic heterocycles. The smallest absolute Gasteiger partial charge is 1.00 e. The Hall–Kier alpha value is -11.4. The molecule has 145 heavy (non-hydrogen) atoms. The number of anilines is 3. The fraction of sp³-hybridized carbons (Fsp3) is 0.321. The average molecular weight is 2230 g/mol. The average Bonchev–Trinajstić information content (AvgIpc) is 1.63. The molecule has 0 fully saturated rings. The standard InChI is InChI=1S/C21H18N2O.C13H12O2.C9H9ClN2.C8H8ClN3.C8H9N3O.C7H5ClN2.C7H9N3O2.C7H11N3.C5H3ClN2O2.C3H8.C2H7N.8C2H6.BHO.2ClH.Na.Sn.H/c1-2-23-20-6-4-3-5-19(20)22-21(23)17-9-7-15(8-10-17)16-11-13-18(24)14-12-16;1-15-13-8-4-11(5-9-13)10-2-6-12(14)7-3-10;1-2-12-8-6-4-3-5-7(8)11-9(12)10;1-2-12-7-6(11-8(12)9)4-3-5-10-7;1-2-11-7-6(10-8(11)12)4-3-5-9-7;8-7-9-5-3-1-2-4-6(5)10-7;1-2-8-7-6(10(11)12)4-3-5-9-7;1-2-9-7-6(8)4-3-5-10-7;6-5-4(8(9)10)2-1-3-7-5;1-3-2;1-2-3;9*1-2;;;;;/h3-14,24H,2H2,1H3;2-9,14H,1H3;3-6H,2H2,1H3;3-5H,2H2,1H3;3-5H,2H2,1H3,(H,10,12);1-4H,(H,9,10);3-5H,2H2,1H3,(H,8,9);3-5H,2,8H2,1H3,(H,9,10);1-3H;3H2,1-2H3;2-3H2,1H3;8*1-2H3;2H;2*1H;;;/q;;;;;;;;;;;;;;;;;;;;;;+1;+2;-1/p-2. The van der Waals surface area contributed by atoms with Gasteiger partial charge in [0.15, 0.2) is 11.3 Å². The van der Waals surface area contributed by atoms with Gasteiger partial charge in [-0.2, -0.15) is 0 Å². The first-order chi connectivity index (χ1) is 69.9. The fourth-order valence-electron chi connectivity index (χ4n) is 11.4. The first-order valence-electron chi connectivity index (χ1n) is 47.9. The Kier molecular flexibility index (Phi) is 88.3. The normalized spacial score (nSPS) is 9.06. The first kappa shape index (κ1) is 142. The number of nitro groups is 2. The summed E-state index contributed by atoms with van der Waals surface area (Å²) < 4.78 is 12.8. The van der Waals surface area contributed by atoms with Crippen LogP contribution in [0.3, 0.4) is 0 Å². The Morgan fingerprint density at radius 2 is 0.766 bits per heavy atom. The van der Waals surface area contributed by atoms with E-state index in [0.717, 1.165) is 133 Å². The van der Waals surface area contributed by atoms with Gasteiger partial charge in [-0.1, -0.05) is 247 Å². The van der Waals surface area contributed by atoms with Crippen LogP contribution in [-0.4, -0.2) is 152 Å². The number of aromatic hydroxyl groups is 2. The molecule has 30 nitrogen and oxygen atoms in total. The Balaban J connectivity index is -0.000000370. The first-order valence-corrected chi connectivity index (χ1v) is 56.6. The number of phenolic OH excluding ortho intramolecular Hbond substituents is 2. The van der Waals surface area contributed by atoms with Crippen molar-refractivity contribution in [1.82, 2.24) is 73.1 Å². The molecule has 0 aliphatic carbocycles. The minimum Gasteiger partial charge on any atom is -1.00 e. The maximum Gasteiger partial charge on any atom is 1.00 e. The van der Waals surface area contributed by atoms with Gasteiger partial charge in [0.1, 0.15) is 34.4 Å². The molecule has 0 saturated carbocycles. The summed E-state index contributed by atoms with van der Waals surface area (Å²) in [6.07, 6.45) is 9.31. The summed E-state index contributed by atoms with van der Waals surface area (Å²) in [7, 11) is 15.0. The summed E-state index contributed by atoms with van der Waals surface area (Å²) >= 11 is 22.0. The molecule has 0 spiro atoms. The van der Waals surface area contributed by atoms with Crippen molar-refractivity contribution in [3.8, 4) is 50.9 Å². The number of rotatable bonds is 14. The van der Waals surface area contributed by atoms with Gasteiger partial charge in [-0.25, -0.2) is 49.7 Å². The molecular weight excluding hydrogens is 2080 g/mol. The number of aryl methyl sites for hydroxylation is 4. The van der Waals surface area contributed by atoms with Crippen molar-refractivity contribution in [3.05, 3.63) is 313 Å². The van der Waals surface area contributed by atoms with E-state index < -0.39 is 28.7 Å². The second-order valence-electron chi connectivity index (χ2n) is 25.6. The van der Waals surface area contributed by atoms with Crippen molar-refractivity contribution in [1.29, 1.82) is 0 Å². The van der Waals surface area contributed by atoms with Crippen LogP contribution in [0.15, 0.2) is 266 Å². The molecule has 0 saturated heterocycles. The number of benzene rings is 7. The van der Waals surface area contributed by atoms with Crippen LogP contribution in [0.2, 0.25) is 21.0 Å². The van der Waals surface area contributed by atoms with Crippen molar-refractivity contribution in [3.63, 3.8) is 0 Å². The summed E-state index contributed by atoms with van der Waals surface area (Å²) in [6, 6.07) is 71.3. The van der Waals surface area contributed by atoms with E-state index in [1.165, 1.54) is 37.0 Å². The third-order valence-electron chi connectivity index (χ3n) is 17.0. The number of ether oxygens (including phenoxy) is 1. The molecule has 7 aromatic carbocycles. The number of pyridine rings is 5. The third kappa shape index (κ3) is 52.0. The summed E-state index contributed by atoms with van der Waals surface area (Å²) in [5.74, 6) is 3.50. The third-order valence-corrected chi connectivity index (χ3v) is 18.0. The minimum atomic E-state index is -0.826. The minimum absolute atomic E-state index is 0. The van der Waals surface area contributed by atoms with Crippen LogP contribution in [0.1, 0.15) is 181 Å². The second-order valence-corrected chi connectivity index (χ2v) is 31.3. The van der Waals surface area contributed by atoms with Crippen molar-refractivity contribution < 1.29 is 60.8 Å². The molecule has 39 heteroatoms. The molecule has 17 aromatic rings. The van der Waals surface area contributed by atoms with E-state index in [2.05, 4.69) is 137 Å². The van der Waals surface area contributed by atoms with E-state index in [9.17, 15) is 30.1 Å². The number of H-pyrrole nitrogens is 2. The zero-order valence-corrected chi connectivity index (χ0v) is 98.4. The number of nitrogens with two attached hydrogens (primary N) is 2. The number of nitrogens with one attached hydrogen (secondary N) is 4. The Morgan fingerprint density at radius 3 is 1.20 bits per heavy atom. The fourth-order valence-corrected chi connectivity index (χ4v) is 12.3. The van der Waals surface area contributed by atoms with Gasteiger partial charge in [-0.05, 0) is 226 Å². The molecule has 0 bridgehead atoms. The van der Waals surface area contributed by atoms with Gasteiger partial charge in [0, 0.05) is 87.9 Å². The van der Waals surface area contributed by atoms with E-state index in [4.69, 9.17) is 95.6 Å². The number of halogens is 6. The second kappa shape index (κ2) is 90.1. The molecule has 17 rings (SSSR count). The molecule has 0 unspecified atom stereocenters. The number of hydrogen-bond donors (Lipinski definition) is 9. The predicted octanol–water partition coefficient (Wildman–Crippen LogP) is 26.9. The number of nitrogen functional groups attached to an aromatic ring is 1. The zero-order chi connectivity index (χ0) is 110. The van der Waals surface area contributed by atoms with E-state index >= 15 is 0 Å². The Morgan fingerprint density at radius 1 is 0.421 bits per heavy atom. The Labute approximate surface area is 920 Å². The molecule has 782 valence electrons. The Bertz CT molecular complexity index is 6080. The van der Waals surface area contributed by atoms with Crippen LogP contribution >= 0.6 is 64.2 Å². The number of para-hydroxylation sites is 6. The summed E-state index contributed by atoms with van der Waals surface area (Å²) in [5.41, 5.74) is 25.8. The molecule has 11 N–H and O–H groups in total. The van der Waals surface area contributed by atoms with Crippen molar-refractivity contribution >= 4 is 175 Å². The number of hydrogen-bond acceptors (Lipinski definition) is 22. The van der Waals surface area contributed by atoms with Gasteiger partial charge in [0.05, 0.1) is 61.3 Å². The molecule has 4 radical (unpaired) electrons. The maximum atomic E-state index is 11.2. The predicted molar refractivity (Wildman–Crippen MR) is 616 cm³/mol. The molecule has 10 heterocycles. The van der Waals surface area contributed by atoms with Crippen molar-refractivity contribution in [2.45, 2.75) is 206 Å². The van der Waals surface area contributed by atoms with Crippen LogP contribution in [0.5, 0.6) is 17.2 Å². The summed E-state index contributed by atoms with van der Waals surface area (Å²) in [4.78, 5) is 73.2. The number of fused-ring (bicyclic) bond motifs is 5. The van der Waals surface area contributed by atoms with E-state index in [1.54, 1.807) is 66.7 Å². The van der Waals surface area contributed by atoms with Crippen molar-refractivity contribution in [2.75, 3.05) is 43.1 Å². The van der Waals surface area contributed by atoms with Gasteiger partial charge < -0.3 is 62.6 Å². The summed E-state index contributed by atoms with van der Waals surface area (Å²) in [6.45, 7) is 55.6. The van der Waals surface area contributed by atoms with E-state index in [-0.39, 0.29) is 64.7 Å². The number of phenols is 2. The van der Waals surface area contributed by atoms with Gasteiger partial charge in [0.2, 0.25) is 26.8 Å². The molecule has 0 atom stereocenters. The van der Waals surface area contributed by atoms with Crippen LogP contribution in [0.25, 0.3) is 89.1 Å². The number of aromatic amines is 2. The van der Waals surface area contributed by atoms with E-state index in [0.29, 0.717) is 40.4 Å². The number of aromatic nitrogens is 15. The number of imidazole rings is 5. The monoisotopic (exact) mass is 2220 g/mol. The SMILES string of the molecule is CC.CC.CC.CC.CC.CC.CC.CC.CCC.CCN.CCNc1ncccc1N.CCNc1ncccc1[N+](=O)[O-].CCn1c(-c2ccc(-c3ccc(O)cc3)cc2)nc2ccccc21.CCn1c(=O)[nH]c2cccnc21.CCn1c(Cl)nc2ccccc21.CCn1c(Cl)nc2cccnc21.COc1ccc(-c2ccc(O)cc2)cc1.Clc1nc2ccccc2[nH]1.O=[N+]([O-])c1cccnc1Cl.[B]O.[Cl][Sn][Cl].[H-].[Na+]. The van der Waals surface area contributed by atoms with Crippen molar-refractivity contribution in [2.24, 2.45) is 5.73 Å². The molecule has 0 aliphatic rings. The maximum absolute atomic E-state index is 11.2. The quantitative estimate of drug-likeness (QED) is 0.0211. The van der Waals surface area contributed by atoms with Crippen LogP contribution in [0, 0.1) is 20.2 Å².